The standard InChI is InChI=1S/C12H13N3O3/c1-9(16)11-6-13-14(8-11)7-10-4-2-3-5-12(10)15(17)18/h2-6,8-9,16H,7H2,1H3. The molecule has 0 spiro atoms. The number of aromatic nitrogens is 2. The Labute approximate surface area is 104 Å². The van der Waals surface area contributed by atoms with E-state index in [-0.39, 0.29) is 5.69 Å². The number of nitrogens with zero attached hydrogens (tertiary/aromatic N) is 3. The van der Waals surface area contributed by atoms with E-state index in [2.05, 4.69) is 5.10 Å². The molecule has 1 aromatic carbocycles. The lowest BCUT2D eigenvalue weighted by atomic mass is 10.2. The van der Waals surface area contributed by atoms with Crippen molar-refractivity contribution in [1.29, 1.82) is 0 Å². The Morgan fingerprint density at radius 1 is 1.50 bits per heavy atom. The Kier molecular flexibility index (Phi) is 3.38. The van der Waals surface area contributed by atoms with Gasteiger partial charge in [0.05, 0.1) is 29.3 Å². The van der Waals surface area contributed by atoms with Crippen LogP contribution in [0, 0.1) is 10.1 Å². The highest BCUT2D eigenvalue weighted by molar-refractivity contribution is 5.39. The zero-order chi connectivity index (χ0) is 13.1. The molecule has 1 unspecified atom stereocenters. The van der Waals surface area contributed by atoms with E-state index in [1.165, 1.54) is 6.07 Å². The smallest absolute Gasteiger partial charge is 0.274 e. The summed E-state index contributed by atoms with van der Waals surface area (Å²) < 4.78 is 1.57. The van der Waals surface area contributed by atoms with Crippen LogP contribution in [0.25, 0.3) is 0 Å². The van der Waals surface area contributed by atoms with Gasteiger partial charge in [-0.15, -0.1) is 0 Å². The lowest BCUT2D eigenvalue weighted by molar-refractivity contribution is -0.385. The summed E-state index contributed by atoms with van der Waals surface area (Å²) in [5.41, 5.74) is 1.35. The maximum absolute atomic E-state index is 10.9. The predicted octanol–water partition coefficient (Wildman–Crippen LogP) is 1.89. The molecule has 0 bridgehead atoms. The van der Waals surface area contributed by atoms with Crippen LogP contribution < -0.4 is 0 Å². The number of para-hydroxylation sites is 1. The molecule has 0 aliphatic rings. The second-order valence-electron chi connectivity index (χ2n) is 4.03. The van der Waals surface area contributed by atoms with Crippen LogP contribution in [-0.4, -0.2) is 19.8 Å². The van der Waals surface area contributed by atoms with Crippen molar-refractivity contribution < 1.29 is 10.0 Å². The van der Waals surface area contributed by atoms with Crippen molar-refractivity contribution in [3.05, 3.63) is 57.9 Å². The van der Waals surface area contributed by atoms with Crippen molar-refractivity contribution in [2.45, 2.75) is 19.6 Å². The minimum atomic E-state index is -0.593. The van der Waals surface area contributed by atoms with Gasteiger partial charge in [0.25, 0.3) is 5.69 Å². The van der Waals surface area contributed by atoms with Crippen LogP contribution in [0.3, 0.4) is 0 Å². The monoisotopic (exact) mass is 247 g/mol. The van der Waals surface area contributed by atoms with Crippen LogP contribution in [0.5, 0.6) is 0 Å². The van der Waals surface area contributed by atoms with Crippen LogP contribution in [0.1, 0.15) is 24.2 Å². The fourth-order valence-electron chi connectivity index (χ4n) is 1.68. The third kappa shape index (κ3) is 2.54. The first-order chi connectivity index (χ1) is 8.58. The number of benzene rings is 1. The van der Waals surface area contributed by atoms with Gasteiger partial charge < -0.3 is 5.11 Å². The number of nitro benzene ring substituents is 1. The molecule has 0 saturated heterocycles. The van der Waals surface area contributed by atoms with Gasteiger partial charge in [0.2, 0.25) is 0 Å². The van der Waals surface area contributed by atoms with Gasteiger partial charge in [0.1, 0.15) is 0 Å². The Bertz CT molecular complexity index is 563. The number of aliphatic hydroxyl groups is 1. The highest BCUT2D eigenvalue weighted by Gasteiger charge is 2.13. The molecule has 1 atom stereocenters. The third-order valence-electron chi connectivity index (χ3n) is 2.66. The maximum atomic E-state index is 10.9. The Morgan fingerprint density at radius 2 is 2.22 bits per heavy atom. The molecule has 1 heterocycles. The van der Waals surface area contributed by atoms with Crippen LogP contribution in [0.2, 0.25) is 0 Å². The molecule has 0 radical (unpaired) electrons. The molecule has 0 aliphatic carbocycles. The molecular formula is C12H13N3O3. The maximum Gasteiger partial charge on any atom is 0.274 e. The van der Waals surface area contributed by atoms with Gasteiger partial charge in [-0.2, -0.15) is 5.10 Å². The number of hydrogen-bond acceptors (Lipinski definition) is 4. The summed E-state index contributed by atoms with van der Waals surface area (Å²) >= 11 is 0. The molecule has 0 aliphatic heterocycles. The van der Waals surface area contributed by atoms with E-state index in [9.17, 15) is 15.2 Å². The topological polar surface area (TPSA) is 81.2 Å². The number of aliphatic hydroxyl groups excluding tert-OH is 1. The summed E-state index contributed by atoms with van der Waals surface area (Å²) in [6, 6.07) is 6.55. The summed E-state index contributed by atoms with van der Waals surface area (Å²) in [5.74, 6) is 0. The molecule has 1 N–H and O–H groups in total. The highest BCUT2D eigenvalue weighted by atomic mass is 16.6. The van der Waals surface area contributed by atoms with E-state index in [1.54, 1.807) is 42.2 Å². The van der Waals surface area contributed by atoms with Crippen LogP contribution in [0.15, 0.2) is 36.7 Å². The molecule has 2 rings (SSSR count). The Hall–Kier alpha value is -2.21. The van der Waals surface area contributed by atoms with Crippen molar-refractivity contribution in [3.8, 4) is 0 Å². The molecule has 2 aromatic rings. The predicted molar refractivity (Wildman–Crippen MR) is 65.1 cm³/mol. The summed E-state index contributed by atoms with van der Waals surface area (Å²) in [7, 11) is 0. The normalized spacial score (nSPS) is 12.3. The summed E-state index contributed by atoms with van der Waals surface area (Å²) in [6.45, 7) is 1.95. The first kappa shape index (κ1) is 12.3. The van der Waals surface area contributed by atoms with Crippen molar-refractivity contribution in [2.75, 3.05) is 0 Å². The van der Waals surface area contributed by atoms with Gasteiger partial charge in [-0.3, -0.25) is 14.8 Å². The van der Waals surface area contributed by atoms with Gasteiger partial charge in [-0.25, -0.2) is 0 Å². The largest absolute Gasteiger partial charge is 0.389 e. The van der Waals surface area contributed by atoms with E-state index in [0.29, 0.717) is 17.7 Å². The molecule has 0 amide bonds. The minimum Gasteiger partial charge on any atom is -0.389 e. The van der Waals surface area contributed by atoms with Crippen LogP contribution in [-0.2, 0) is 6.54 Å². The lowest BCUT2D eigenvalue weighted by Crippen LogP contribution is -2.03. The first-order valence-corrected chi connectivity index (χ1v) is 5.50. The van der Waals surface area contributed by atoms with E-state index in [1.807, 2.05) is 0 Å². The fraction of sp³-hybridized carbons (Fsp3) is 0.250. The van der Waals surface area contributed by atoms with Gasteiger partial charge in [0, 0.05) is 17.8 Å². The lowest BCUT2D eigenvalue weighted by Gasteiger charge is -2.03. The van der Waals surface area contributed by atoms with Gasteiger partial charge >= 0.3 is 0 Å². The summed E-state index contributed by atoms with van der Waals surface area (Å²) in [4.78, 5) is 10.5. The quantitative estimate of drug-likeness (QED) is 0.660. The van der Waals surface area contributed by atoms with Gasteiger partial charge in [-0.1, -0.05) is 18.2 Å². The van der Waals surface area contributed by atoms with E-state index in [4.69, 9.17) is 0 Å². The van der Waals surface area contributed by atoms with Crippen molar-refractivity contribution in [2.24, 2.45) is 0 Å². The number of rotatable bonds is 4. The highest BCUT2D eigenvalue weighted by Crippen LogP contribution is 2.19. The van der Waals surface area contributed by atoms with Gasteiger partial charge in [-0.05, 0) is 6.92 Å². The molecule has 94 valence electrons. The van der Waals surface area contributed by atoms with Crippen molar-refractivity contribution in [3.63, 3.8) is 0 Å². The molecular weight excluding hydrogens is 234 g/mol. The fourth-order valence-corrected chi connectivity index (χ4v) is 1.68. The molecule has 6 heteroatoms. The first-order valence-electron chi connectivity index (χ1n) is 5.50. The molecule has 18 heavy (non-hydrogen) atoms. The summed E-state index contributed by atoms with van der Waals surface area (Å²) in [5, 5.41) is 24.3. The average Bonchev–Trinajstić information content (AvgIpc) is 2.78. The molecule has 0 fully saturated rings. The second kappa shape index (κ2) is 4.97. The SMILES string of the molecule is CC(O)c1cnn(Cc2ccccc2[N+](=O)[O-])c1. The van der Waals surface area contributed by atoms with Crippen molar-refractivity contribution in [1.82, 2.24) is 9.78 Å². The molecule has 6 nitrogen and oxygen atoms in total. The Morgan fingerprint density at radius 3 is 2.83 bits per heavy atom. The van der Waals surface area contributed by atoms with E-state index in [0.717, 1.165) is 0 Å². The minimum absolute atomic E-state index is 0.0756. The second-order valence-corrected chi connectivity index (χ2v) is 4.03. The number of hydrogen-bond donors (Lipinski definition) is 1. The third-order valence-corrected chi connectivity index (χ3v) is 2.66. The molecule has 0 saturated carbocycles. The summed E-state index contributed by atoms with van der Waals surface area (Å²) in [6.07, 6.45) is 2.64. The zero-order valence-corrected chi connectivity index (χ0v) is 9.85. The zero-order valence-electron chi connectivity index (χ0n) is 9.85. The molecule has 1 aromatic heterocycles. The van der Waals surface area contributed by atoms with Crippen LogP contribution >= 0.6 is 0 Å². The van der Waals surface area contributed by atoms with E-state index >= 15 is 0 Å². The number of nitro groups is 1. The average molecular weight is 247 g/mol. The Balaban J connectivity index is 2.25. The van der Waals surface area contributed by atoms with Crippen molar-refractivity contribution >= 4 is 5.69 Å². The van der Waals surface area contributed by atoms with Crippen LogP contribution in [0.4, 0.5) is 5.69 Å². The van der Waals surface area contributed by atoms with Gasteiger partial charge in [0.15, 0.2) is 0 Å². The van der Waals surface area contributed by atoms with E-state index < -0.39 is 11.0 Å².